The van der Waals surface area contributed by atoms with Crippen molar-refractivity contribution in [1.82, 2.24) is 4.98 Å². The molecule has 2 aromatic carbocycles. The Hall–Kier alpha value is -2.66. The number of nitrogens with one attached hydrogen (secondary N) is 1. The third kappa shape index (κ3) is 2.96. The summed E-state index contributed by atoms with van der Waals surface area (Å²) in [5, 5.41) is 11.7. The maximum Gasteiger partial charge on any atom is 0.122 e. The quantitative estimate of drug-likeness (QED) is 0.759. The molecule has 0 saturated heterocycles. The zero-order valence-electron chi connectivity index (χ0n) is 13.3. The SMILES string of the molecule is COc1cc(OC)cc([C@@H](O)c2cc3cc(OC)ccc3[nH]2)c1. The minimum Gasteiger partial charge on any atom is -0.497 e. The van der Waals surface area contributed by atoms with E-state index in [1.54, 1.807) is 39.5 Å². The average molecular weight is 313 g/mol. The first-order valence-electron chi connectivity index (χ1n) is 7.22. The van der Waals surface area contributed by atoms with Crippen molar-refractivity contribution in [2.75, 3.05) is 21.3 Å². The van der Waals surface area contributed by atoms with Crippen LogP contribution in [0, 0.1) is 0 Å². The molecule has 5 heteroatoms. The van der Waals surface area contributed by atoms with Crippen molar-refractivity contribution >= 4 is 10.9 Å². The maximum absolute atomic E-state index is 10.7. The van der Waals surface area contributed by atoms with Crippen molar-refractivity contribution in [1.29, 1.82) is 0 Å². The fourth-order valence-electron chi connectivity index (χ4n) is 2.57. The van der Waals surface area contributed by atoms with Crippen molar-refractivity contribution in [2.24, 2.45) is 0 Å². The molecular weight excluding hydrogens is 294 g/mol. The molecule has 0 aliphatic carbocycles. The van der Waals surface area contributed by atoms with Crippen molar-refractivity contribution in [3.05, 3.63) is 53.7 Å². The number of ether oxygens (including phenoxy) is 3. The van der Waals surface area contributed by atoms with Crippen molar-refractivity contribution < 1.29 is 19.3 Å². The predicted octanol–water partition coefficient (Wildman–Crippen LogP) is 3.28. The molecule has 0 radical (unpaired) electrons. The van der Waals surface area contributed by atoms with E-state index in [9.17, 15) is 5.11 Å². The molecule has 0 fully saturated rings. The number of benzene rings is 2. The van der Waals surface area contributed by atoms with Gasteiger partial charge in [-0.1, -0.05) is 0 Å². The molecule has 0 unspecified atom stereocenters. The number of hydrogen-bond donors (Lipinski definition) is 2. The summed E-state index contributed by atoms with van der Waals surface area (Å²) < 4.78 is 15.7. The zero-order chi connectivity index (χ0) is 16.4. The second-order valence-corrected chi connectivity index (χ2v) is 5.23. The van der Waals surface area contributed by atoms with Gasteiger partial charge in [0.25, 0.3) is 0 Å². The van der Waals surface area contributed by atoms with Crippen LogP contribution in [-0.4, -0.2) is 31.4 Å². The molecule has 23 heavy (non-hydrogen) atoms. The van der Waals surface area contributed by atoms with Gasteiger partial charge in [0, 0.05) is 22.7 Å². The zero-order valence-corrected chi connectivity index (χ0v) is 13.3. The highest BCUT2D eigenvalue weighted by atomic mass is 16.5. The van der Waals surface area contributed by atoms with Gasteiger partial charge in [-0.25, -0.2) is 0 Å². The van der Waals surface area contributed by atoms with Gasteiger partial charge < -0.3 is 24.3 Å². The lowest BCUT2D eigenvalue weighted by molar-refractivity contribution is 0.215. The van der Waals surface area contributed by atoms with Crippen LogP contribution in [0.5, 0.6) is 17.2 Å². The van der Waals surface area contributed by atoms with E-state index < -0.39 is 6.10 Å². The normalized spacial score (nSPS) is 12.2. The highest BCUT2D eigenvalue weighted by Crippen LogP contribution is 2.31. The lowest BCUT2D eigenvalue weighted by Crippen LogP contribution is -2.01. The molecule has 0 bridgehead atoms. The minimum absolute atomic E-state index is 0.635. The maximum atomic E-state index is 10.7. The molecule has 5 nitrogen and oxygen atoms in total. The summed E-state index contributed by atoms with van der Waals surface area (Å²) in [6.07, 6.45) is -0.808. The summed E-state index contributed by atoms with van der Waals surface area (Å²) in [5.41, 5.74) is 2.33. The van der Waals surface area contributed by atoms with Gasteiger partial charge >= 0.3 is 0 Å². The van der Waals surface area contributed by atoms with Crippen LogP contribution < -0.4 is 14.2 Å². The lowest BCUT2D eigenvalue weighted by Gasteiger charge is -2.13. The van der Waals surface area contributed by atoms with Gasteiger partial charge in [0.1, 0.15) is 23.4 Å². The standard InChI is InChI=1S/C18H19NO4/c1-21-13-4-5-16-11(6-13)9-17(19-16)18(20)12-7-14(22-2)10-15(8-12)23-3/h4-10,18-20H,1-3H3/t18-/m1/s1. The third-order valence-electron chi connectivity index (χ3n) is 3.83. The minimum atomic E-state index is -0.808. The van der Waals surface area contributed by atoms with E-state index in [-0.39, 0.29) is 0 Å². The molecule has 0 aliphatic rings. The first kappa shape index (κ1) is 15.2. The van der Waals surface area contributed by atoms with E-state index in [0.29, 0.717) is 22.8 Å². The Labute approximate surface area is 134 Å². The summed E-state index contributed by atoms with van der Waals surface area (Å²) in [6.45, 7) is 0. The topological polar surface area (TPSA) is 63.7 Å². The Balaban J connectivity index is 2.00. The van der Waals surface area contributed by atoms with Gasteiger partial charge in [0.05, 0.1) is 21.3 Å². The van der Waals surface area contributed by atoms with Crippen molar-refractivity contribution in [3.8, 4) is 17.2 Å². The van der Waals surface area contributed by atoms with Gasteiger partial charge in [-0.05, 0) is 42.0 Å². The second-order valence-electron chi connectivity index (χ2n) is 5.23. The van der Waals surface area contributed by atoms with E-state index in [1.165, 1.54) is 0 Å². The molecule has 0 aliphatic heterocycles. The molecule has 3 rings (SSSR count). The van der Waals surface area contributed by atoms with Gasteiger partial charge in [-0.15, -0.1) is 0 Å². The summed E-state index contributed by atoms with van der Waals surface area (Å²) in [4.78, 5) is 3.23. The fourth-order valence-corrected chi connectivity index (χ4v) is 2.57. The number of aliphatic hydroxyl groups excluding tert-OH is 1. The van der Waals surface area contributed by atoms with Crippen molar-refractivity contribution in [2.45, 2.75) is 6.10 Å². The van der Waals surface area contributed by atoms with E-state index in [4.69, 9.17) is 14.2 Å². The van der Waals surface area contributed by atoms with Crippen LogP contribution in [0.25, 0.3) is 10.9 Å². The Morgan fingerprint density at radius 1 is 0.826 bits per heavy atom. The Bertz CT molecular complexity index is 803. The molecule has 2 N–H and O–H groups in total. The Kier molecular flexibility index (Phi) is 4.12. The number of aliphatic hydroxyl groups is 1. The van der Waals surface area contributed by atoms with Crippen LogP contribution >= 0.6 is 0 Å². The van der Waals surface area contributed by atoms with E-state index in [1.807, 2.05) is 24.3 Å². The molecule has 1 aromatic heterocycles. The second kappa shape index (κ2) is 6.22. The van der Waals surface area contributed by atoms with Gasteiger partial charge in [-0.3, -0.25) is 0 Å². The average Bonchev–Trinajstić information content (AvgIpc) is 3.03. The van der Waals surface area contributed by atoms with Gasteiger partial charge in [0.15, 0.2) is 0 Å². The smallest absolute Gasteiger partial charge is 0.122 e. The van der Waals surface area contributed by atoms with E-state index in [2.05, 4.69) is 4.98 Å². The molecule has 120 valence electrons. The Morgan fingerprint density at radius 2 is 1.48 bits per heavy atom. The van der Waals surface area contributed by atoms with Gasteiger partial charge in [0.2, 0.25) is 0 Å². The predicted molar refractivity (Wildman–Crippen MR) is 88.5 cm³/mol. The first-order chi connectivity index (χ1) is 11.1. The number of aromatic amines is 1. The van der Waals surface area contributed by atoms with Crippen LogP contribution in [0.15, 0.2) is 42.5 Å². The number of H-pyrrole nitrogens is 1. The molecule has 1 atom stereocenters. The molecule has 0 saturated carbocycles. The first-order valence-corrected chi connectivity index (χ1v) is 7.22. The van der Waals surface area contributed by atoms with Crippen LogP contribution in [-0.2, 0) is 0 Å². The summed E-state index contributed by atoms with van der Waals surface area (Å²) in [6, 6.07) is 13.0. The Morgan fingerprint density at radius 3 is 2.09 bits per heavy atom. The molecule has 3 aromatic rings. The summed E-state index contributed by atoms with van der Waals surface area (Å²) in [5.74, 6) is 2.05. The fraction of sp³-hybridized carbons (Fsp3) is 0.222. The highest BCUT2D eigenvalue weighted by molar-refractivity contribution is 5.82. The number of fused-ring (bicyclic) bond motifs is 1. The summed E-state index contributed by atoms with van der Waals surface area (Å²) >= 11 is 0. The number of methoxy groups -OCH3 is 3. The molecule has 0 spiro atoms. The molecular formula is C18H19NO4. The monoisotopic (exact) mass is 313 g/mol. The van der Waals surface area contributed by atoms with Crippen LogP contribution in [0.3, 0.4) is 0 Å². The third-order valence-corrected chi connectivity index (χ3v) is 3.83. The number of rotatable bonds is 5. The van der Waals surface area contributed by atoms with E-state index in [0.717, 1.165) is 16.7 Å². The highest BCUT2D eigenvalue weighted by Gasteiger charge is 2.16. The largest absolute Gasteiger partial charge is 0.497 e. The van der Waals surface area contributed by atoms with E-state index >= 15 is 0 Å². The number of aromatic nitrogens is 1. The number of hydrogen-bond acceptors (Lipinski definition) is 4. The summed E-state index contributed by atoms with van der Waals surface area (Å²) in [7, 11) is 4.80. The van der Waals surface area contributed by atoms with Crippen LogP contribution in [0.4, 0.5) is 0 Å². The molecule has 0 amide bonds. The van der Waals surface area contributed by atoms with Gasteiger partial charge in [-0.2, -0.15) is 0 Å². The van der Waals surface area contributed by atoms with Crippen LogP contribution in [0.1, 0.15) is 17.4 Å². The molecule has 1 heterocycles. The van der Waals surface area contributed by atoms with Crippen molar-refractivity contribution in [3.63, 3.8) is 0 Å². The lowest BCUT2D eigenvalue weighted by atomic mass is 10.1. The van der Waals surface area contributed by atoms with Crippen LogP contribution in [0.2, 0.25) is 0 Å².